The van der Waals surface area contributed by atoms with Crippen LogP contribution in [0.1, 0.15) is 22.5 Å². The van der Waals surface area contributed by atoms with Crippen molar-refractivity contribution >= 4 is 44.1 Å². The third-order valence-corrected chi connectivity index (χ3v) is 9.47. The molecule has 45 heavy (non-hydrogen) atoms. The quantitative estimate of drug-likeness (QED) is 0.320. The lowest BCUT2D eigenvalue weighted by Crippen LogP contribution is -2.56. The molecule has 3 aromatic heterocycles. The number of sulfone groups is 1. The number of fused-ring (bicyclic) bond motifs is 3. The van der Waals surface area contributed by atoms with Gasteiger partial charge in [0.1, 0.15) is 23.1 Å². The summed E-state index contributed by atoms with van der Waals surface area (Å²) in [6.45, 7) is -0.491. The Morgan fingerprint density at radius 3 is 2.64 bits per heavy atom. The third kappa shape index (κ3) is 5.32. The fourth-order valence-electron chi connectivity index (χ4n) is 5.32. The Kier molecular flexibility index (Phi) is 6.91. The summed E-state index contributed by atoms with van der Waals surface area (Å²) in [6.07, 6.45) is 1.10. The van der Waals surface area contributed by atoms with Gasteiger partial charge in [-0.05, 0) is 42.5 Å². The maximum Gasteiger partial charge on any atom is 0.282 e. The first-order valence-corrected chi connectivity index (χ1v) is 15.5. The van der Waals surface area contributed by atoms with E-state index < -0.39 is 63.1 Å². The first kappa shape index (κ1) is 29.0. The van der Waals surface area contributed by atoms with E-state index in [1.54, 1.807) is 36.5 Å². The molecular formula is C29H24F4N6O5S. The summed E-state index contributed by atoms with van der Waals surface area (Å²) in [5, 5.41) is 3.27. The van der Waals surface area contributed by atoms with E-state index in [1.165, 1.54) is 4.90 Å². The predicted octanol–water partition coefficient (Wildman–Crippen LogP) is 3.93. The summed E-state index contributed by atoms with van der Waals surface area (Å²) in [5.74, 6) is -3.38. The van der Waals surface area contributed by atoms with Crippen molar-refractivity contribution in [1.29, 1.82) is 0 Å². The van der Waals surface area contributed by atoms with Gasteiger partial charge in [-0.2, -0.15) is 0 Å². The second-order valence-electron chi connectivity index (χ2n) is 10.8. The number of pyridine rings is 3. The number of halogens is 4. The highest BCUT2D eigenvalue weighted by Gasteiger charge is 2.45. The standard InChI is InChI=1S/C29H24F4N6O5S/c30-19-9-17(10-22-26(19)44-7-5-23(31)45(22,41)42)28(40)35-13-18-11-20-16(12-34-18)1-3-25(36-20)39-6-8-43-21-2-4-24(37-27(21)39)38-14-29(32,33)15-38/h1-4,9-12,23H,5-8,13-15H2,(H,35,40)/t23-/m1/s1. The van der Waals surface area contributed by atoms with Gasteiger partial charge in [0.05, 0.1) is 44.0 Å². The molecule has 6 heterocycles. The molecule has 1 N–H and O–H groups in total. The van der Waals surface area contributed by atoms with Crippen molar-refractivity contribution in [2.24, 2.45) is 0 Å². The molecule has 7 rings (SSSR count). The van der Waals surface area contributed by atoms with E-state index >= 15 is 0 Å². The second kappa shape index (κ2) is 10.7. The van der Waals surface area contributed by atoms with Crippen LogP contribution >= 0.6 is 0 Å². The molecule has 234 valence electrons. The molecule has 16 heteroatoms. The van der Waals surface area contributed by atoms with Crippen molar-refractivity contribution in [2.45, 2.75) is 29.3 Å². The smallest absolute Gasteiger partial charge is 0.282 e. The Morgan fingerprint density at radius 2 is 1.84 bits per heavy atom. The van der Waals surface area contributed by atoms with Gasteiger partial charge in [0, 0.05) is 23.6 Å². The zero-order chi connectivity index (χ0) is 31.5. The van der Waals surface area contributed by atoms with E-state index in [2.05, 4.69) is 15.3 Å². The molecule has 0 unspecified atom stereocenters. The highest BCUT2D eigenvalue weighted by molar-refractivity contribution is 7.92. The lowest BCUT2D eigenvalue weighted by Gasteiger charge is -2.40. The topological polar surface area (TPSA) is 127 Å². The van der Waals surface area contributed by atoms with Crippen LogP contribution in [0.5, 0.6) is 11.5 Å². The number of nitrogens with zero attached hydrogens (tertiary/aromatic N) is 5. The van der Waals surface area contributed by atoms with Crippen molar-refractivity contribution in [3.05, 3.63) is 65.7 Å². The molecule has 0 spiro atoms. The van der Waals surface area contributed by atoms with Crippen molar-refractivity contribution in [3.63, 3.8) is 0 Å². The summed E-state index contributed by atoms with van der Waals surface area (Å²) < 4.78 is 91.8. The van der Waals surface area contributed by atoms with Crippen LogP contribution in [-0.4, -0.2) is 73.6 Å². The van der Waals surface area contributed by atoms with Gasteiger partial charge in [0.15, 0.2) is 23.1 Å². The Labute approximate surface area is 253 Å². The molecule has 0 aliphatic carbocycles. The van der Waals surface area contributed by atoms with Gasteiger partial charge < -0.3 is 24.6 Å². The van der Waals surface area contributed by atoms with Crippen LogP contribution in [0.3, 0.4) is 0 Å². The Bertz CT molecular complexity index is 1960. The van der Waals surface area contributed by atoms with Crippen molar-refractivity contribution in [2.75, 3.05) is 42.6 Å². The maximum absolute atomic E-state index is 14.7. The fraction of sp³-hybridized carbons (Fsp3) is 0.310. The maximum atomic E-state index is 14.7. The highest BCUT2D eigenvalue weighted by atomic mass is 32.2. The molecule has 1 atom stereocenters. The summed E-state index contributed by atoms with van der Waals surface area (Å²) in [4.78, 5) is 29.2. The number of anilines is 3. The summed E-state index contributed by atoms with van der Waals surface area (Å²) in [5.41, 5.74) is -1.68. The molecule has 1 fully saturated rings. The molecule has 1 saturated heterocycles. The average Bonchev–Trinajstić information content (AvgIpc) is 3.12. The number of ether oxygens (including phenoxy) is 2. The first-order chi connectivity index (χ1) is 21.5. The molecule has 3 aliphatic heterocycles. The van der Waals surface area contributed by atoms with Gasteiger partial charge in [0.25, 0.3) is 11.8 Å². The predicted molar refractivity (Wildman–Crippen MR) is 153 cm³/mol. The minimum absolute atomic E-state index is 0.111. The highest BCUT2D eigenvalue weighted by Crippen LogP contribution is 2.39. The first-order valence-electron chi connectivity index (χ1n) is 13.9. The number of carbonyl (C=O) groups excluding carboxylic acids is 1. The van der Waals surface area contributed by atoms with Crippen molar-refractivity contribution in [3.8, 4) is 11.5 Å². The van der Waals surface area contributed by atoms with Crippen LogP contribution in [0.25, 0.3) is 10.9 Å². The lowest BCUT2D eigenvalue weighted by atomic mass is 10.1. The minimum Gasteiger partial charge on any atom is -0.489 e. The van der Waals surface area contributed by atoms with Gasteiger partial charge in [-0.1, -0.05) is 0 Å². The number of hydrogen-bond acceptors (Lipinski definition) is 10. The van der Waals surface area contributed by atoms with E-state index in [4.69, 9.17) is 14.5 Å². The van der Waals surface area contributed by atoms with Gasteiger partial charge in [-0.3, -0.25) is 9.78 Å². The van der Waals surface area contributed by atoms with Gasteiger partial charge in [-0.15, -0.1) is 0 Å². The van der Waals surface area contributed by atoms with E-state index in [-0.39, 0.29) is 18.7 Å². The fourth-order valence-corrected chi connectivity index (χ4v) is 6.71. The summed E-state index contributed by atoms with van der Waals surface area (Å²) in [6, 6.07) is 10.3. The number of hydrogen-bond donors (Lipinski definition) is 1. The third-order valence-electron chi connectivity index (χ3n) is 7.65. The number of rotatable bonds is 5. The summed E-state index contributed by atoms with van der Waals surface area (Å²) >= 11 is 0. The minimum atomic E-state index is -4.55. The zero-order valence-corrected chi connectivity index (χ0v) is 24.2. The Morgan fingerprint density at radius 1 is 1.04 bits per heavy atom. The van der Waals surface area contributed by atoms with Gasteiger partial charge in [-0.25, -0.2) is 35.9 Å². The molecular weight excluding hydrogens is 620 g/mol. The van der Waals surface area contributed by atoms with Gasteiger partial charge >= 0.3 is 0 Å². The molecule has 0 radical (unpaired) electrons. The number of carbonyl (C=O) groups is 1. The molecule has 3 aliphatic rings. The van der Waals surface area contributed by atoms with Crippen LogP contribution in [0.15, 0.2) is 53.6 Å². The van der Waals surface area contributed by atoms with E-state index in [0.717, 1.165) is 12.1 Å². The number of alkyl halides is 3. The Balaban J connectivity index is 1.11. The van der Waals surface area contributed by atoms with Crippen LogP contribution in [0.4, 0.5) is 35.0 Å². The second-order valence-corrected chi connectivity index (χ2v) is 12.8. The van der Waals surface area contributed by atoms with Crippen LogP contribution in [-0.2, 0) is 16.4 Å². The van der Waals surface area contributed by atoms with E-state index in [9.17, 15) is 30.8 Å². The van der Waals surface area contributed by atoms with Crippen LogP contribution < -0.4 is 24.6 Å². The molecule has 4 aromatic rings. The number of amides is 1. The monoisotopic (exact) mass is 644 g/mol. The zero-order valence-electron chi connectivity index (χ0n) is 23.3. The SMILES string of the molecule is O=C(NCc1cc2nc(N3CCOc4ccc(N5CC(F)(F)C5)nc43)ccc2cn1)c1cc(F)c2c(c1)S(=O)(=O)[C@@H](F)CCO2. The Hall–Kier alpha value is -4.73. The van der Waals surface area contributed by atoms with Crippen molar-refractivity contribution < 1.29 is 40.2 Å². The molecule has 11 nitrogen and oxygen atoms in total. The van der Waals surface area contributed by atoms with Crippen molar-refractivity contribution in [1.82, 2.24) is 20.3 Å². The van der Waals surface area contributed by atoms with Crippen LogP contribution in [0.2, 0.25) is 0 Å². The summed E-state index contributed by atoms with van der Waals surface area (Å²) in [7, 11) is -4.55. The van der Waals surface area contributed by atoms with Crippen LogP contribution in [0, 0.1) is 5.82 Å². The average molecular weight is 645 g/mol. The molecule has 0 saturated carbocycles. The van der Waals surface area contributed by atoms with Gasteiger partial charge in [0.2, 0.25) is 15.3 Å². The number of nitrogens with one attached hydrogen (secondary N) is 1. The van der Waals surface area contributed by atoms with E-state index in [1.807, 2.05) is 4.90 Å². The lowest BCUT2D eigenvalue weighted by molar-refractivity contribution is -0.0267. The largest absolute Gasteiger partial charge is 0.489 e. The van der Waals surface area contributed by atoms with E-state index in [0.29, 0.717) is 53.0 Å². The number of aromatic nitrogens is 3. The molecule has 0 bridgehead atoms. The molecule has 1 aromatic carbocycles. The normalized spacial score (nSPS) is 19.8. The molecule has 1 amide bonds. The number of benzene rings is 1.